The third kappa shape index (κ3) is 4.67. The van der Waals surface area contributed by atoms with E-state index in [0.29, 0.717) is 37.8 Å². The molecular formula is C18H19N3O3S. The molecule has 0 aliphatic heterocycles. The summed E-state index contributed by atoms with van der Waals surface area (Å²) < 4.78 is 11.1. The van der Waals surface area contributed by atoms with Gasteiger partial charge in [0.05, 0.1) is 6.61 Å². The van der Waals surface area contributed by atoms with Crippen LogP contribution in [0.5, 0.6) is 5.75 Å². The van der Waals surface area contributed by atoms with E-state index in [2.05, 4.69) is 15.5 Å². The molecule has 0 bridgehead atoms. The van der Waals surface area contributed by atoms with Crippen LogP contribution in [0.15, 0.2) is 45.5 Å². The molecule has 0 atom stereocenters. The van der Waals surface area contributed by atoms with Crippen LogP contribution in [0.3, 0.4) is 0 Å². The molecular weight excluding hydrogens is 338 g/mol. The molecule has 0 unspecified atom stereocenters. The fourth-order valence-corrected chi connectivity index (χ4v) is 2.94. The molecule has 7 heteroatoms. The molecule has 0 aliphatic rings. The molecule has 0 saturated heterocycles. The molecule has 1 aromatic carbocycles. The van der Waals surface area contributed by atoms with Gasteiger partial charge in [0.2, 0.25) is 17.7 Å². The number of amides is 1. The van der Waals surface area contributed by atoms with Crippen molar-refractivity contribution >= 4 is 17.2 Å². The Morgan fingerprint density at radius 1 is 1.28 bits per heavy atom. The van der Waals surface area contributed by atoms with Gasteiger partial charge in [-0.05, 0) is 24.4 Å². The van der Waals surface area contributed by atoms with E-state index >= 15 is 0 Å². The highest BCUT2D eigenvalue weighted by molar-refractivity contribution is 7.08. The normalized spacial score (nSPS) is 10.6. The van der Waals surface area contributed by atoms with Crippen LogP contribution in [0.1, 0.15) is 24.8 Å². The van der Waals surface area contributed by atoms with Crippen molar-refractivity contribution in [2.45, 2.75) is 26.3 Å². The van der Waals surface area contributed by atoms with Crippen molar-refractivity contribution in [3.63, 3.8) is 0 Å². The highest BCUT2D eigenvalue weighted by atomic mass is 32.1. The van der Waals surface area contributed by atoms with Crippen molar-refractivity contribution in [1.29, 1.82) is 0 Å². The molecule has 2 aromatic heterocycles. The van der Waals surface area contributed by atoms with Crippen molar-refractivity contribution < 1.29 is 13.9 Å². The standard InChI is InChI=1S/C18H19N3O3S/c1-2-23-15-6-4-3-5-13(15)11-19-16(22)7-8-17-20-21-18(24-17)14-9-10-25-12-14/h3-6,9-10,12H,2,7-8,11H2,1H3,(H,19,22). The molecule has 3 aromatic rings. The minimum atomic E-state index is -0.0680. The number of thiophene rings is 1. The monoisotopic (exact) mass is 357 g/mol. The van der Waals surface area contributed by atoms with Crippen LogP contribution < -0.4 is 10.1 Å². The Morgan fingerprint density at radius 3 is 2.96 bits per heavy atom. The Hall–Kier alpha value is -2.67. The Morgan fingerprint density at radius 2 is 2.16 bits per heavy atom. The van der Waals surface area contributed by atoms with Crippen LogP contribution in [-0.4, -0.2) is 22.7 Å². The maximum atomic E-state index is 12.1. The number of carbonyl (C=O) groups excluding carboxylic acids is 1. The summed E-state index contributed by atoms with van der Waals surface area (Å²) in [5, 5.41) is 14.8. The van der Waals surface area contributed by atoms with Gasteiger partial charge in [-0.3, -0.25) is 4.79 Å². The Labute approximate surface area is 149 Å². The van der Waals surface area contributed by atoms with E-state index in [1.807, 2.05) is 48.0 Å². The van der Waals surface area contributed by atoms with Gasteiger partial charge in [-0.25, -0.2) is 0 Å². The molecule has 25 heavy (non-hydrogen) atoms. The summed E-state index contributed by atoms with van der Waals surface area (Å²) in [5.74, 6) is 1.68. The first kappa shape index (κ1) is 17.2. The molecule has 0 aliphatic carbocycles. The lowest BCUT2D eigenvalue weighted by Crippen LogP contribution is -2.23. The molecule has 2 heterocycles. The lowest BCUT2D eigenvalue weighted by Gasteiger charge is -2.10. The van der Waals surface area contributed by atoms with Crippen LogP contribution in [0.25, 0.3) is 11.5 Å². The van der Waals surface area contributed by atoms with E-state index in [4.69, 9.17) is 9.15 Å². The predicted molar refractivity (Wildman–Crippen MR) is 95.4 cm³/mol. The van der Waals surface area contributed by atoms with Gasteiger partial charge < -0.3 is 14.5 Å². The predicted octanol–water partition coefficient (Wildman–Crippen LogP) is 3.45. The number of aromatic nitrogens is 2. The summed E-state index contributed by atoms with van der Waals surface area (Å²) in [5.41, 5.74) is 1.86. The molecule has 0 fully saturated rings. The highest BCUT2D eigenvalue weighted by Crippen LogP contribution is 2.21. The second-order valence-corrected chi connectivity index (χ2v) is 6.11. The minimum Gasteiger partial charge on any atom is -0.494 e. The van der Waals surface area contributed by atoms with Crippen LogP contribution in [-0.2, 0) is 17.8 Å². The number of rotatable bonds is 8. The quantitative estimate of drug-likeness (QED) is 0.668. The SMILES string of the molecule is CCOc1ccccc1CNC(=O)CCc1nnc(-c2ccsc2)o1. The third-order valence-electron chi connectivity index (χ3n) is 3.55. The molecule has 0 radical (unpaired) electrons. The van der Waals surface area contributed by atoms with Gasteiger partial charge in [0, 0.05) is 35.9 Å². The van der Waals surface area contributed by atoms with Gasteiger partial charge in [-0.1, -0.05) is 18.2 Å². The van der Waals surface area contributed by atoms with E-state index in [0.717, 1.165) is 16.9 Å². The fraction of sp³-hybridized carbons (Fsp3) is 0.278. The largest absolute Gasteiger partial charge is 0.494 e. The molecule has 1 N–H and O–H groups in total. The number of hydrogen-bond donors (Lipinski definition) is 1. The zero-order chi connectivity index (χ0) is 17.5. The van der Waals surface area contributed by atoms with Crippen molar-refractivity contribution in [1.82, 2.24) is 15.5 Å². The summed E-state index contributed by atoms with van der Waals surface area (Å²) in [7, 11) is 0. The summed E-state index contributed by atoms with van der Waals surface area (Å²) in [6.45, 7) is 2.96. The maximum absolute atomic E-state index is 12.1. The van der Waals surface area contributed by atoms with Gasteiger partial charge >= 0.3 is 0 Å². The number of aryl methyl sites for hydroxylation is 1. The van der Waals surface area contributed by atoms with Crippen molar-refractivity contribution in [3.05, 3.63) is 52.5 Å². The highest BCUT2D eigenvalue weighted by Gasteiger charge is 2.11. The third-order valence-corrected chi connectivity index (χ3v) is 4.23. The Kier molecular flexibility index (Phi) is 5.79. The Bertz CT molecular complexity index is 815. The van der Waals surface area contributed by atoms with E-state index in [1.165, 1.54) is 0 Å². The van der Waals surface area contributed by atoms with Crippen LogP contribution >= 0.6 is 11.3 Å². The lowest BCUT2D eigenvalue weighted by atomic mass is 10.2. The van der Waals surface area contributed by atoms with E-state index in [1.54, 1.807) is 11.3 Å². The van der Waals surface area contributed by atoms with E-state index in [9.17, 15) is 4.79 Å². The maximum Gasteiger partial charge on any atom is 0.248 e. The lowest BCUT2D eigenvalue weighted by molar-refractivity contribution is -0.121. The molecule has 6 nitrogen and oxygen atoms in total. The van der Waals surface area contributed by atoms with Crippen molar-refractivity contribution in [2.24, 2.45) is 0 Å². The van der Waals surface area contributed by atoms with Crippen molar-refractivity contribution in [2.75, 3.05) is 6.61 Å². The number of para-hydroxylation sites is 1. The number of ether oxygens (including phenoxy) is 1. The zero-order valence-corrected chi connectivity index (χ0v) is 14.7. The van der Waals surface area contributed by atoms with Gasteiger partial charge in [0.25, 0.3) is 0 Å². The second-order valence-electron chi connectivity index (χ2n) is 5.33. The first-order chi connectivity index (χ1) is 12.3. The second kappa shape index (κ2) is 8.43. The molecule has 0 spiro atoms. The van der Waals surface area contributed by atoms with Crippen LogP contribution in [0.4, 0.5) is 0 Å². The zero-order valence-electron chi connectivity index (χ0n) is 13.9. The average molecular weight is 357 g/mol. The van der Waals surface area contributed by atoms with Gasteiger partial charge in [0.15, 0.2) is 0 Å². The van der Waals surface area contributed by atoms with Gasteiger partial charge in [0.1, 0.15) is 5.75 Å². The summed E-state index contributed by atoms with van der Waals surface area (Å²) >= 11 is 1.57. The molecule has 1 amide bonds. The minimum absolute atomic E-state index is 0.0680. The topological polar surface area (TPSA) is 77.2 Å². The van der Waals surface area contributed by atoms with Crippen molar-refractivity contribution in [3.8, 4) is 17.2 Å². The number of benzene rings is 1. The number of nitrogens with zero attached hydrogens (tertiary/aromatic N) is 2. The number of hydrogen-bond acceptors (Lipinski definition) is 6. The first-order valence-electron chi connectivity index (χ1n) is 8.08. The summed E-state index contributed by atoms with van der Waals surface area (Å²) in [6.07, 6.45) is 0.706. The molecule has 3 rings (SSSR count). The molecule has 0 saturated carbocycles. The average Bonchev–Trinajstić information content (AvgIpc) is 3.31. The van der Waals surface area contributed by atoms with Gasteiger partial charge in [-0.2, -0.15) is 11.3 Å². The number of carbonyl (C=O) groups is 1. The fourth-order valence-electron chi connectivity index (χ4n) is 2.31. The Balaban J connectivity index is 1.49. The summed E-state index contributed by atoms with van der Waals surface area (Å²) in [6, 6.07) is 9.60. The summed E-state index contributed by atoms with van der Waals surface area (Å²) in [4.78, 5) is 12.1. The molecule has 130 valence electrons. The van der Waals surface area contributed by atoms with Crippen LogP contribution in [0, 0.1) is 0 Å². The number of nitrogens with one attached hydrogen (secondary N) is 1. The van der Waals surface area contributed by atoms with Gasteiger partial charge in [-0.15, -0.1) is 10.2 Å². The van der Waals surface area contributed by atoms with E-state index in [-0.39, 0.29) is 5.91 Å². The van der Waals surface area contributed by atoms with Crippen LogP contribution in [0.2, 0.25) is 0 Å². The van der Waals surface area contributed by atoms with E-state index < -0.39 is 0 Å². The smallest absolute Gasteiger partial charge is 0.248 e. The first-order valence-corrected chi connectivity index (χ1v) is 9.03.